The molecule has 9 heterocycles. The van der Waals surface area contributed by atoms with Gasteiger partial charge in [0.05, 0.1) is 5.60 Å². The standard InChI is InChI=1S/C23H28FN3O5.C23H29N3O6.C18H20FN3O3/c1-22(2,3)32-21(31)26-11-9-23(24,10-12-26)16-6-4-5-14-15(16)13-27(20(14)30)17-7-8-18(28)25-19(17)29;1-22(2,3)32-21(30)25-11-9-23(31,10-12-25)16-6-4-5-14-15(16)13-26(20(14)29)17-7-8-18(27)24-19(17)28;19-18(6-8-20-9-7-18)13-3-1-2-11-12(13)10-22(17(11)25)14-4-5-15(23)21-16(14)24/h4-6,17H,7-13H2,1-3H3,(H,25,28,29);4-6,17,31H,7-13H2,1-3H3,(H,24,27,28);1-3,14,20H,4-10H2,(H,21,23,24). The van der Waals surface area contributed by atoms with Crippen molar-refractivity contribution >= 4 is 65.4 Å². The third-order valence-electron chi connectivity index (χ3n) is 18.1. The zero-order chi connectivity index (χ0) is 64.1. The number of carbonyl (C=O) groups is 11. The van der Waals surface area contributed by atoms with E-state index in [9.17, 15) is 57.8 Å². The van der Waals surface area contributed by atoms with Crippen molar-refractivity contribution in [2.45, 2.75) is 184 Å². The molecule has 11 amide bonds. The molecule has 9 aliphatic heterocycles. The number of likely N-dealkylation sites (tertiary alicyclic amines) is 2. The molecule has 0 radical (unpaired) electrons. The van der Waals surface area contributed by atoms with Gasteiger partial charge in [0.25, 0.3) is 17.7 Å². The SMILES string of the molecule is CC(C)(C)OC(=O)N1CCC(F)(c2cccc3c2CN(C2CCC(=O)NC2=O)C3=O)CC1.CC(C)(C)OC(=O)N1CCC(O)(c2cccc3c2CN(C2CCC(=O)NC2=O)C3=O)CC1.O=C1CCC(N2Cc3c(cccc3C3(F)CCNCC3)C2=O)C(=O)N1. The van der Waals surface area contributed by atoms with Crippen LogP contribution in [-0.4, -0.2) is 164 Å². The first kappa shape index (κ1) is 63.8. The summed E-state index contributed by atoms with van der Waals surface area (Å²) < 4.78 is 42.4. The van der Waals surface area contributed by atoms with Crippen LogP contribution in [0, 0.1) is 0 Å². The number of benzene rings is 3. The molecule has 3 aromatic rings. The lowest BCUT2D eigenvalue weighted by Gasteiger charge is -2.39. The zero-order valence-corrected chi connectivity index (χ0v) is 51.0. The smallest absolute Gasteiger partial charge is 0.410 e. The Balaban J connectivity index is 0.000000148. The number of carbonyl (C=O) groups excluding carboxylic acids is 11. The van der Waals surface area contributed by atoms with Gasteiger partial charge >= 0.3 is 12.2 Å². The molecule has 0 saturated carbocycles. The molecule has 476 valence electrons. The molecule has 12 rings (SSSR count). The number of piperidine rings is 6. The van der Waals surface area contributed by atoms with Gasteiger partial charge in [0.15, 0.2) is 0 Å². The third kappa shape index (κ3) is 13.3. The Hall–Kier alpha value is -8.19. The molecule has 89 heavy (non-hydrogen) atoms. The van der Waals surface area contributed by atoms with Crippen LogP contribution in [0.25, 0.3) is 0 Å². The van der Waals surface area contributed by atoms with Crippen molar-refractivity contribution in [3.05, 3.63) is 105 Å². The quantitative estimate of drug-likeness (QED) is 0.196. The highest BCUT2D eigenvalue weighted by Gasteiger charge is 2.49. The summed E-state index contributed by atoms with van der Waals surface area (Å²) in [7, 11) is 0. The van der Waals surface area contributed by atoms with E-state index in [0.29, 0.717) is 108 Å². The van der Waals surface area contributed by atoms with Crippen LogP contribution in [0.4, 0.5) is 18.4 Å². The fourth-order valence-electron chi connectivity index (χ4n) is 13.4. The molecule has 6 fully saturated rings. The molecule has 6 saturated heterocycles. The van der Waals surface area contributed by atoms with Crippen molar-refractivity contribution in [3.8, 4) is 0 Å². The second-order valence-corrected chi connectivity index (χ2v) is 26.3. The number of alkyl halides is 2. The molecular formula is C64H77F2N9O14. The highest BCUT2D eigenvalue weighted by Crippen LogP contribution is 2.45. The van der Waals surface area contributed by atoms with E-state index in [4.69, 9.17) is 9.47 Å². The summed E-state index contributed by atoms with van der Waals surface area (Å²) in [5.41, 5.74) is -0.599. The molecule has 5 N–H and O–H groups in total. The summed E-state index contributed by atoms with van der Waals surface area (Å²) in [5.74, 6) is -3.27. The Kier molecular flexibility index (Phi) is 17.7. The van der Waals surface area contributed by atoms with Crippen LogP contribution >= 0.6 is 0 Å². The molecule has 3 aromatic carbocycles. The maximum absolute atomic E-state index is 16.1. The monoisotopic (exact) mass is 1230 g/mol. The summed E-state index contributed by atoms with van der Waals surface area (Å²) in [6.45, 7) is 13.6. The molecule has 0 spiro atoms. The third-order valence-corrected chi connectivity index (χ3v) is 18.1. The van der Waals surface area contributed by atoms with Crippen molar-refractivity contribution < 1.29 is 76.1 Å². The van der Waals surface area contributed by atoms with Gasteiger partial charge in [0.2, 0.25) is 35.4 Å². The van der Waals surface area contributed by atoms with Crippen LogP contribution in [0.15, 0.2) is 54.6 Å². The van der Waals surface area contributed by atoms with Gasteiger partial charge in [-0.1, -0.05) is 36.4 Å². The topological polar surface area (TPSA) is 291 Å². The Labute approximate surface area is 513 Å². The van der Waals surface area contributed by atoms with Gasteiger partial charge in [-0.05, 0) is 151 Å². The molecule has 3 unspecified atom stereocenters. The molecule has 23 nitrogen and oxygen atoms in total. The van der Waals surface area contributed by atoms with Crippen LogP contribution in [0.3, 0.4) is 0 Å². The molecule has 3 atom stereocenters. The molecule has 0 aliphatic carbocycles. The number of rotatable bonds is 6. The number of aliphatic hydroxyl groups is 1. The average Bonchev–Trinajstić information content (AvgIpc) is 1.75. The normalized spacial score (nSPS) is 23.9. The number of hydrogen-bond acceptors (Lipinski definition) is 15. The average molecular weight is 1230 g/mol. The van der Waals surface area contributed by atoms with Crippen LogP contribution in [0.1, 0.15) is 183 Å². The van der Waals surface area contributed by atoms with E-state index in [-0.39, 0.29) is 113 Å². The summed E-state index contributed by atoms with van der Waals surface area (Å²) in [5, 5.41) is 21.5. The number of imide groups is 3. The van der Waals surface area contributed by atoms with Crippen LogP contribution in [-0.2, 0) is 74.8 Å². The van der Waals surface area contributed by atoms with Crippen molar-refractivity contribution in [1.82, 2.24) is 45.8 Å². The minimum Gasteiger partial charge on any atom is -0.444 e. The van der Waals surface area contributed by atoms with Crippen LogP contribution < -0.4 is 21.3 Å². The van der Waals surface area contributed by atoms with E-state index in [1.165, 1.54) is 19.6 Å². The second kappa shape index (κ2) is 24.6. The van der Waals surface area contributed by atoms with Crippen LogP contribution in [0.5, 0.6) is 0 Å². The molecule has 25 heteroatoms. The number of hydrogen-bond donors (Lipinski definition) is 5. The van der Waals surface area contributed by atoms with Gasteiger partial charge in [0.1, 0.15) is 40.7 Å². The Morgan fingerprint density at radius 3 is 1.13 bits per heavy atom. The number of amides is 11. The van der Waals surface area contributed by atoms with E-state index in [1.807, 2.05) is 26.8 Å². The predicted octanol–water partition coefficient (Wildman–Crippen LogP) is 5.31. The maximum atomic E-state index is 16.1. The molecular weight excluding hydrogens is 1160 g/mol. The summed E-state index contributed by atoms with van der Waals surface area (Å²) in [6.07, 6.45) is 2.10. The van der Waals surface area contributed by atoms with Crippen LogP contribution in [0.2, 0.25) is 0 Å². The van der Waals surface area contributed by atoms with Crippen molar-refractivity contribution in [2.75, 3.05) is 39.3 Å². The van der Waals surface area contributed by atoms with E-state index in [2.05, 4.69) is 21.3 Å². The Bertz CT molecular complexity index is 3250. The number of nitrogens with one attached hydrogen (secondary N) is 4. The van der Waals surface area contributed by atoms with Gasteiger partial charge in [-0.3, -0.25) is 59.1 Å². The van der Waals surface area contributed by atoms with Crippen molar-refractivity contribution in [3.63, 3.8) is 0 Å². The Morgan fingerprint density at radius 2 is 0.798 bits per heavy atom. The minimum absolute atomic E-state index is 0.0926. The van der Waals surface area contributed by atoms with E-state index < -0.39 is 76.2 Å². The van der Waals surface area contributed by atoms with Gasteiger partial charge in [-0.15, -0.1) is 0 Å². The first-order valence-electron chi connectivity index (χ1n) is 30.5. The Morgan fingerprint density at radius 1 is 0.483 bits per heavy atom. The predicted molar refractivity (Wildman–Crippen MR) is 313 cm³/mol. The van der Waals surface area contributed by atoms with E-state index >= 15 is 8.78 Å². The molecule has 0 aromatic heterocycles. The van der Waals surface area contributed by atoms with Gasteiger partial charge in [0, 0.05) is 94.6 Å². The number of ether oxygens (including phenoxy) is 2. The number of nitrogens with zero attached hydrogens (tertiary/aromatic N) is 5. The number of halogens is 2. The lowest BCUT2D eigenvalue weighted by Crippen LogP contribution is -2.52. The largest absolute Gasteiger partial charge is 0.444 e. The lowest BCUT2D eigenvalue weighted by atomic mass is 9.81. The van der Waals surface area contributed by atoms with E-state index in [1.54, 1.807) is 74.2 Å². The first-order valence-corrected chi connectivity index (χ1v) is 30.5. The van der Waals surface area contributed by atoms with Crippen molar-refractivity contribution in [2.24, 2.45) is 0 Å². The number of fused-ring (bicyclic) bond motifs is 3. The van der Waals surface area contributed by atoms with Gasteiger partial charge in [-0.25, -0.2) is 18.4 Å². The summed E-state index contributed by atoms with van der Waals surface area (Å²) in [6, 6.07) is 13.3. The van der Waals surface area contributed by atoms with Crippen molar-refractivity contribution in [1.29, 1.82) is 0 Å². The fourth-order valence-corrected chi connectivity index (χ4v) is 13.4. The fraction of sp³-hybridized carbons (Fsp3) is 0.547. The maximum Gasteiger partial charge on any atom is 0.410 e. The molecule has 9 aliphatic rings. The highest BCUT2D eigenvalue weighted by molar-refractivity contribution is 6.08. The van der Waals surface area contributed by atoms with Gasteiger partial charge in [-0.2, -0.15) is 0 Å². The molecule has 0 bridgehead atoms. The first-order chi connectivity index (χ1) is 42.0. The summed E-state index contributed by atoms with van der Waals surface area (Å²) in [4.78, 5) is 142. The van der Waals surface area contributed by atoms with E-state index in [0.717, 1.165) is 0 Å². The lowest BCUT2D eigenvalue weighted by molar-refractivity contribution is -0.138. The van der Waals surface area contributed by atoms with Gasteiger partial charge < -0.3 is 44.4 Å². The zero-order valence-electron chi connectivity index (χ0n) is 51.0. The highest BCUT2D eigenvalue weighted by atomic mass is 19.1. The minimum atomic E-state index is -1.69. The summed E-state index contributed by atoms with van der Waals surface area (Å²) >= 11 is 0. The second-order valence-electron chi connectivity index (χ2n) is 26.3.